The number of carbonyl (C=O) groups is 1. The first kappa shape index (κ1) is 14.9. The Morgan fingerprint density at radius 3 is 2.36 bits per heavy atom. The Labute approximate surface area is 137 Å². The van der Waals surface area contributed by atoms with Crippen LogP contribution < -0.4 is 5.32 Å². The summed E-state index contributed by atoms with van der Waals surface area (Å²) in [6, 6.07) is 10.5. The Morgan fingerprint density at radius 2 is 1.68 bits per heavy atom. The smallest absolute Gasteiger partial charge is 0.259 e. The summed E-state index contributed by atoms with van der Waals surface area (Å²) >= 11 is 12.2. The molecule has 0 saturated carbocycles. The molecule has 5 heteroatoms. The number of para-hydroxylation sites is 2. The highest BCUT2D eigenvalue weighted by Gasteiger charge is 2.17. The van der Waals surface area contributed by atoms with Crippen LogP contribution in [0, 0.1) is 13.8 Å². The fourth-order valence-electron chi connectivity index (χ4n) is 2.34. The summed E-state index contributed by atoms with van der Waals surface area (Å²) in [5, 5.41) is 4.46. The molecule has 0 radical (unpaired) electrons. The van der Waals surface area contributed by atoms with Crippen molar-refractivity contribution in [3.63, 3.8) is 0 Å². The van der Waals surface area contributed by atoms with Gasteiger partial charge in [-0.3, -0.25) is 4.79 Å². The Balaban J connectivity index is 2.05. The van der Waals surface area contributed by atoms with E-state index in [2.05, 4.69) is 5.32 Å². The lowest BCUT2D eigenvalue weighted by Crippen LogP contribution is -2.12. The average molecular weight is 334 g/mol. The van der Waals surface area contributed by atoms with Crippen LogP contribution in [0.4, 0.5) is 5.69 Å². The van der Waals surface area contributed by atoms with Crippen molar-refractivity contribution in [3.8, 4) is 0 Å². The highest BCUT2D eigenvalue weighted by Crippen LogP contribution is 2.32. The largest absolute Gasteiger partial charge is 0.460 e. The van der Waals surface area contributed by atoms with Gasteiger partial charge in [-0.1, -0.05) is 41.4 Å². The number of amides is 1. The van der Waals surface area contributed by atoms with Crippen molar-refractivity contribution >= 4 is 45.8 Å². The number of nitrogens with one attached hydrogen (secondary N) is 1. The molecule has 0 spiro atoms. The van der Waals surface area contributed by atoms with Gasteiger partial charge in [0.15, 0.2) is 0 Å². The molecule has 0 unspecified atom stereocenters. The number of fused-ring (bicyclic) bond motifs is 1. The molecule has 0 bridgehead atoms. The Kier molecular flexibility index (Phi) is 3.85. The van der Waals surface area contributed by atoms with Gasteiger partial charge in [-0.15, -0.1) is 0 Å². The zero-order chi connectivity index (χ0) is 15.9. The van der Waals surface area contributed by atoms with Crippen molar-refractivity contribution < 1.29 is 9.21 Å². The van der Waals surface area contributed by atoms with E-state index < -0.39 is 0 Å². The van der Waals surface area contributed by atoms with Crippen LogP contribution in [0.15, 0.2) is 40.8 Å². The molecule has 1 aromatic heterocycles. The molecule has 0 aliphatic carbocycles. The van der Waals surface area contributed by atoms with E-state index in [1.54, 1.807) is 24.3 Å². The van der Waals surface area contributed by atoms with E-state index in [4.69, 9.17) is 27.6 Å². The van der Waals surface area contributed by atoms with Crippen molar-refractivity contribution in [2.75, 3.05) is 5.32 Å². The summed E-state index contributed by atoms with van der Waals surface area (Å²) in [4.78, 5) is 12.6. The van der Waals surface area contributed by atoms with E-state index in [0.717, 1.165) is 16.7 Å². The molecule has 1 N–H and O–H groups in total. The second-order valence-electron chi connectivity index (χ2n) is 5.02. The zero-order valence-electron chi connectivity index (χ0n) is 12.0. The summed E-state index contributed by atoms with van der Waals surface area (Å²) in [5.74, 6) is 0.486. The Bertz CT molecular complexity index is 863. The topological polar surface area (TPSA) is 42.2 Å². The van der Waals surface area contributed by atoms with Crippen LogP contribution in [0.2, 0.25) is 10.0 Å². The summed E-state index contributed by atoms with van der Waals surface area (Å²) in [5.41, 5.74) is 2.44. The molecule has 3 nitrogen and oxygen atoms in total. The van der Waals surface area contributed by atoms with E-state index in [9.17, 15) is 4.79 Å². The number of hydrogen-bond donors (Lipinski definition) is 1. The minimum Gasteiger partial charge on any atom is -0.460 e. The maximum absolute atomic E-state index is 12.6. The molecule has 3 aromatic rings. The van der Waals surface area contributed by atoms with Crippen LogP contribution in [0.1, 0.15) is 21.7 Å². The molecule has 2 aromatic carbocycles. The second-order valence-corrected chi connectivity index (χ2v) is 5.83. The minimum atomic E-state index is -0.311. The van der Waals surface area contributed by atoms with Crippen LogP contribution in [-0.4, -0.2) is 5.91 Å². The summed E-state index contributed by atoms with van der Waals surface area (Å²) in [6.07, 6.45) is 0. The first-order chi connectivity index (χ1) is 10.5. The lowest BCUT2D eigenvalue weighted by molar-refractivity contribution is 0.102. The van der Waals surface area contributed by atoms with Gasteiger partial charge in [0.2, 0.25) is 0 Å². The van der Waals surface area contributed by atoms with Crippen LogP contribution >= 0.6 is 23.2 Å². The van der Waals surface area contributed by atoms with Gasteiger partial charge >= 0.3 is 0 Å². The van der Waals surface area contributed by atoms with Gasteiger partial charge in [-0.2, -0.15) is 0 Å². The van der Waals surface area contributed by atoms with Crippen molar-refractivity contribution in [1.82, 2.24) is 0 Å². The molecule has 22 heavy (non-hydrogen) atoms. The standard InChI is InChI=1S/C17H13Cl2NO2/c1-9-10(2)22-16-11(9)5-3-6-12(16)17(21)20-15-13(18)7-4-8-14(15)19/h3-8H,1-2H3,(H,20,21). The normalized spacial score (nSPS) is 10.9. The van der Waals surface area contributed by atoms with Crippen molar-refractivity contribution in [1.29, 1.82) is 0 Å². The highest BCUT2D eigenvalue weighted by molar-refractivity contribution is 6.40. The number of hydrogen-bond acceptors (Lipinski definition) is 2. The number of furan rings is 1. The molecule has 0 saturated heterocycles. The predicted octanol–water partition coefficient (Wildman–Crippen LogP) is 5.61. The zero-order valence-corrected chi connectivity index (χ0v) is 13.5. The predicted molar refractivity (Wildman–Crippen MR) is 90.1 cm³/mol. The molecule has 0 atom stereocenters. The monoisotopic (exact) mass is 333 g/mol. The highest BCUT2D eigenvalue weighted by atomic mass is 35.5. The number of anilines is 1. The quantitative estimate of drug-likeness (QED) is 0.662. The van der Waals surface area contributed by atoms with E-state index >= 15 is 0 Å². The van der Waals surface area contributed by atoms with Gasteiger partial charge in [0.1, 0.15) is 11.3 Å². The van der Waals surface area contributed by atoms with Crippen LogP contribution in [0.25, 0.3) is 11.0 Å². The van der Waals surface area contributed by atoms with Crippen LogP contribution in [-0.2, 0) is 0 Å². The molecule has 112 valence electrons. The van der Waals surface area contributed by atoms with Gasteiger partial charge in [0.25, 0.3) is 5.91 Å². The van der Waals surface area contributed by atoms with Crippen molar-refractivity contribution in [2.24, 2.45) is 0 Å². The average Bonchev–Trinajstić information content (AvgIpc) is 2.78. The number of rotatable bonds is 2. The van der Waals surface area contributed by atoms with Gasteiger partial charge < -0.3 is 9.73 Å². The molecule has 0 aliphatic rings. The summed E-state index contributed by atoms with van der Waals surface area (Å²) < 4.78 is 5.72. The van der Waals surface area contributed by atoms with Crippen molar-refractivity contribution in [3.05, 3.63) is 63.3 Å². The lowest BCUT2D eigenvalue weighted by atomic mass is 10.1. The third-order valence-electron chi connectivity index (χ3n) is 3.65. The molecular formula is C17H13Cl2NO2. The minimum absolute atomic E-state index is 0.311. The maximum Gasteiger partial charge on any atom is 0.259 e. The summed E-state index contributed by atoms with van der Waals surface area (Å²) in [6.45, 7) is 3.84. The van der Waals surface area contributed by atoms with E-state index in [1.165, 1.54) is 0 Å². The Hall–Kier alpha value is -1.97. The van der Waals surface area contributed by atoms with Gasteiger partial charge in [0.05, 0.1) is 21.3 Å². The molecule has 0 fully saturated rings. The fraction of sp³-hybridized carbons (Fsp3) is 0.118. The Morgan fingerprint density at radius 1 is 1.05 bits per heavy atom. The maximum atomic E-state index is 12.6. The third-order valence-corrected chi connectivity index (χ3v) is 4.28. The van der Waals surface area contributed by atoms with E-state index in [-0.39, 0.29) is 5.91 Å². The van der Waals surface area contributed by atoms with Crippen LogP contribution in [0.3, 0.4) is 0 Å². The molecule has 3 rings (SSSR count). The molecule has 1 heterocycles. The van der Waals surface area contributed by atoms with Gasteiger partial charge in [-0.05, 0) is 37.6 Å². The van der Waals surface area contributed by atoms with E-state index in [1.807, 2.05) is 26.0 Å². The van der Waals surface area contributed by atoms with Crippen molar-refractivity contribution in [2.45, 2.75) is 13.8 Å². The third kappa shape index (κ3) is 2.47. The lowest BCUT2D eigenvalue weighted by Gasteiger charge is -2.09. The van der Waals surface area contributed by atoms with Gasteiger partial charge in [-0.25, -0.2) is 0 Å². The number of aryl methyl sites for hydroxylation is 2. The van der Waals surface area contributed by atoms with Gasteiger partial charge in [0, 0.05) is 5.39 Å². The number of benzene rings is 2. The van der Waals surface area contributed by atoms with E-state index in [0.29, 0.717) is 26.9 Å². The number of carbonyl (C=O) groups excluding carboxylic acids is 1. The molecule has 1 amide bonds. The summed E-state index contributed by atoms with van der Waals surface area (Å²) in [7, 11) is 0. The fourth-order valence-corrected chi connectivity index (χ4v) is 2.83. The second kappa shape index (κ2) is 5.67. The first-order valence-corrected chi connectivity index (χ1v) is 7.48. The SMILES string of the molecule is Cc1oc2c(C(=O)Nc3c(Cl)cccc3Cl)cccc2c1C. The molecule has 0 aliphatic heterocycles. The molecular weight excluding hydrogens is 321 g/mol. The first-order valence-electron chi connectivity index (χ1n) is 6.73. The number of halogens is 2. The van der Waals surface area contributed by atoms with Crippen LogP contribution in [0.5, 0.6) is 0 Å².